The smallest absolute Gasteiger partial charge is 0.328 e. The number of benzene rings is 1. The number of H-pyrrole nitrogens is 1. The Morgan fingerprint density at radius 1 is 1.17 bits per heavy atom. The highest BCUT2D eigenvalue weighted by Crippen LogP contribution is 2.30. The second kappa shape index (κ2) is 8.63. The van der Waals surface area contributed by atoms with E-state index in [1.165, 1.54) is 4.57 Å². The minimum Gasteiger partial charge on any atom is -0.480 e. The fourth-order valence-electron chi connectivity index (χ4n) is 4.01. The number of aromatic amines is 1. The molecule has 0 bridgehead atoms. The molecule has 0 aliphatic heterocycles. The summed E-state index contributed by atoms with van der Waals surface area (Å²) in [6.07, 6.45) is 2.63. The lowest BCUT2D eigenvalue weighted by atomic mass is 9.81. The van der Waals surface area contributed by atoms with Crippen molar-refractivity contribution in [2.75, 3.05) is 0 Å². The van der Waals surface area contributed by atoms with Crippen LogP contribution in [0.5, 0.6) is 0 Å². The topological polar surface area (TPSA) is 121 Å². The molecule has 8 nitrogen and oxygen atoms in total. The molecule has 1 fully saturated rings. The molecule has 29 heavy (non-hydrogen) atoms. The van der Waals surface area contributed by atoms with Crippen LogP contribution in [0.4, 0.5) is 0 Å². The minimum absolute atomic E-state index is 0.124. The summed E-state index contributed by atoms with van der Waals surface area (Å²) >= 11 is 0. The van der Waals surface area contributed by atoms with Crippen molar-refractivity contribution in [2.24, 2.45) is 17.8 Å². The molecule has 0 radical (unpaired) electrons. The van der Waals surface area contributed by atoms with E-state index in [1.807, 2.05) is 0 Å². The maximum absolute atomic E-state index is 12.7. The number of carboxylic acids is 1. The fourth-order valence-corrected chi connectivity index (χ4v) is 4.01. The van der Waals surface area contributed by atoms with Gasteiger partial charge >= 0.3 is 11.7 Å². The van der Waals surface area contributed by atoms with E-state index >= 15 is 0 Å². The van der Waals surface area contributed by atoms with Crippen LogP contribution in [0, 0.1) is 17.8 Å². The van der Waals surface area contributed by atoms with Gasteiger partial charge in [-0.1, -0.05) is 26.0 Å². The molecule has 0 unspecified atom stereocenters. The first-order chi connectivity index (χ1) is 13.8. The molecule has 1 saturated carbocycles. The second-order valence-electron chi connectivity index (χ2n) is 8.18. The van der Waals surface area contributed by atoms with Crippen molar-refractivity contribution >= 4 is 22.8 Å². The second-order valence-corrected chi connectivity index (χ2v) is 8.18. The Labute approximate surface area is 167 Å². The van der Waals surface area contributed by atoms with Gasteiger partial charge < -0.3 is 15.4 Å². The van der Waals surface area contributed by atoms with Gasteiger partial charge in [-0.15, -0.1) is 0 Å². The minimum atomic E-state index is -1.03. The maximum atomic E-state index is 12.7. The molecule has 3 N–H and O–H groups in total. The van der Waals surface area contributed by atoms with Crippen LogP contribution in [0.25, 0.3) is 10.9 Å². The molecule has 8 heteroatoms. The molecular weight excluding hydrogens is 374 g/mol. The number of rotatable bonds is 6. The fraction of sp³-hybridized carbons (Fsp3) is 0.524. The van der Waals surface area contributed by atoms with E-state index in [2.05, 4.69) is 10.3 Å². The van der Waals surface area contributed by atoms with Gasteiger partial charge in [-0.25, -0.2) is 9.59 Å². The zero-order chi connectivity index (χ0) is 21.1. The number of carbonyl (C=O) groups is 2. The van der Waals surface area contributed by atoms with Gasteiger partial charge in [0.1, 0.15) is 6.04 Å². The summed E-state index contributed by atoms with van der Waals surface area (Å²) in [6, 6.07) is 6.03. The molecule has 156 valence electrons. The molecule has 3 rings (SSSR count). The van der Waals surface area contributed by atoms with Gasteiger partial charge in [0.15, 0.2) is 0 Å². The summed E-state index contributed by atoms with van der Waals surface area (Å²) in [5.74, 6) is -1.57. The van der Waals surface area contributed by atoms with Crippen molar-refractivity contribution in [3.63, 3.8) is 0 Å². The largest absolute Gasteiger partial charge is 0.480 e. The first kappa shape index (κ1) is 20.8. The zero-order valence-corrected chi connectivity index (χ0v) is 16.7. The van der Waals surface area contributed by atoms with Crippen molar-refractivity contribution < 1.29 is 14.7 Å². The molecule has 1 amide bonds. The SMILES string of the molecule is CC(C)[C@H](NC(=O)C1CCC(Cn2c(=O)[nH]c3ccccc3c2=O)CC1)C(=O)O. The molecule has 0 spiro atoms. The average molecular weight is 401 g/mol. The lowest BCUT2D eigenvalue weighted by Crippen LogP contribution is -2.47. The van der Waals surface area contributed by atoms with E-state index in [-0.39, 0.29) is 29.2 Å². The summed E-state index contributed by atoms with van der Waals surface area (Å²) in [6.45, 7) is 3.83. The number of hydrogen-bond donors (Lipinski definition) is 3. The summed E-state index contributed by atoms with van der Waals surface area (Å²) in [5.41, 5.74) is -0.197. The van der Waals surface area contributed by atoms with Crippen molar-refractivity contribution in [3.05, 3.63) is 45.1 Å². The number of amides is 1. The predicted octanol–water partition coefficient (Wildman–Crippen LogP) is 1.72. The van der Waals surface area contributed by atoms with E-state index in [0.29, 0.717) is 43.1 Å². The molecule has 1 heterocycles. The monoisotopic (exact) mass is 401 g/mol. The Kier molecular flexibility index (Phi) is 6.20. The van der Waals surface area contributed by atoms with Crippen molar-refractivity contribution in [1.29, 1.82) is 0 Å². The van der Waals surface area contributed by atoms with Gasteiger partial charge in [-0.3, -0.25) is 14.2 Å². The third-order valence-corrected chi connectivity index (χ3v) is 5.78. The van der Waals surface area contributed by atoms with Crippen LogP contribution in [-0.4, -0.2) is 32.6 Å². The Morgan fingerprint density at radius 2 is 1.83 bits per heavy atom. The lowest BCUT2D eigenvalue weighted by Gasteiger charge is -2.29. The first-order valence-electron chi connectivity index (χ1n) is 10.0. The van der Waals surface area contributed by atoms with Crippen molar-refractivity contribution in [1.82, 2.24) is 14.9 Å². The number of fused-ring (bicyclic) bond motifs is 1. The van der Waals surface area contributed by atoms with Gasteiger partial charge in [-0.2, -0.15) is 0 Å². The number of aliphatic carboxylic acids is 1. The van der Waals surface area contributed by atoms with E-state index in [9.17, 15) is 24.3 Å². The van der Waals surface area contributed by atoms with Gasteiger partial charge in [0.25, 0.3) is 5.56 Å². The van der Waals surface area contributed by atoms with Crippen LogP contribution >= 0.6 is 0 Å². The van der Waals surface area contributed by atoms with E-state index < -0.39 is 17.7 Å². The van der Waals surface area contributed by atoms with Gasteiger partial charge in [0.2, 0.25) is 5.91 Å². The van der Waals surface area contributed by atoms with Gasteiger partial charge in [-0.05, 0) is 49.7 Å². The highest BCUT2D eigenvalue weighted by atomic mass is 16.4. The quantitative estimate of drug-likeness (QED) is 0.680. The molecular formula is C21H27N3O5. The highest BCUT2D eigenvalue weighted by molar-refractivity contribution is 5.85. The molecule has 1 aromatic heterocycles. The number of para-hydroxylation sites is 1. The zero-order valence-electron chi connectivity index (χ0n) is 16.7. The number of nitrogens with zero attached hydrogens (tertiary/aromatic N) is 1. The average Bonchev–Trinajstić information content (AvgIpc) is 2.69. The molecule has 1 aliphatic rings. The molecule has 1 atom stereocenters. The van der Waals surface area contributed by atoms with Gasteiger partial charge in [0, 0.05) is 12.5 Å². The standard InChI is InChI=1S/C21H27N3O5/c1-12(2)17(20(27)28)23-18(25)14-9-7-13(8-10-14)11-24-19(26)15-5-3-4-6-16(15)22-21(24)29/h3-6,12-14,17H,7-11H2,1-2H3,(H,22,29)(H,23,25)(H,27,28)/t13?,14?,17-/m0/s1. The lowest BCUT2D eigenvalue weighted by molar-refractivity contribution is -0.144. The summed E-state index contributed by atoms with van der Waals surface area (Å²) in [7, 11) is 0. The molecule has 1 aliphatic carbocycles. The number of aromatic nitrogens is 2. The summed E-state index contributed by atoms with van der Waals surface area (Å²) < 4.78 is 1.24. The van der Waals surface area contributed by atoms with Gasteiger partial charge in [0.05, 0.1) is 10.9 Å². The van der Waals surface area contributed by atoms with Crippen LogP contribution < -0.4 is 16.6 Å². The normalized spacial score (nSPS) is 20.5. The Bertz CT molecular complexity index is 1010. The van der Waals surface area contributed by atoms with E-state index in [4.69, 9.17) is 0 Å². The maximum Gasteiger partial charge on any atom is 0.328 e. The Hall–Kier alpha value is -2.90. The van der Waals surface area contributed by atoms with E-state index in [0.717, 1.165) is 0 Å². The van der Waals surface area contributed by atoms with E-state index in [1.54, 1.807) is 38.1 Å². The van der Waals surface area contributed by atoms with Crippen LogP contribution in [0.2, 0.25) is 0 Å². The molecule has 2 aromatic rings. The number of carboxylic acid groups (broad SMARTS) is 1. The third kappa shape index (κ3) is 4.58. The van der Waals surface area contributed by atoms with Crippen molar-refractivity contribution in [2.45, 2.75) is 52.1 Å². The summed E-state index contributed by atoms with van der Waals surface area (Å²) in [5, 5.41) is 12.4. The number of hydrogen-bond acceptors (Lipinski definition) is 4. The third-order valence-electron chi connectivity index (χ3n) is 5.78. The van der Waals surface area contributed by atoms with Crippen LogP contribution in [0.3, 0.4) is 0 Å². The number of nitrogens with one attached hydrogen (secondary N) is 2. The van der Waals surface area contributed by atoms with Crippen LogP contribution in [-0.2, 0) is 16.1 Å². The highest BCUT2D eigenvalue weighted by Gasteiger charge is 2.31. The van der Waals surface area contributed by atoms with Crippen LogP contribution in [0.1, 0.15) is 39.5 Å². The van der Waals surface area contributed by atoms with Crippen molar-refractivity contribution in [3.8, 4) is 0 Å². The summed E-state index contributed by atoms with van der Waals surface area (Å²) in [4.78, 5) is 51.5. The molecule has 1 aromatic carbocycles. The number of carbonyl (C=O) groups excluding carboxylic acids is 1. The Balaban J connectivity index is 1.64. The Morgan fingerprint density at radius 3 is 2.45 bits per heavy atom. The molecule has 0 saturated heterocycles. The first-order valence-corrected chi connectivity index (χ1v) is 10.0. The predicted molar refractivity (Wildman–Crippen MR) is 109 cm³/mol. The van der Waals surface area contributed by atoms with Crippen LogP contribution in [0.15, 0.2) is 33.9 Å².